The quantitative estimate of drug-likeness (QED) is 0.185. The van der Waals surface area contributed by atoms with Crippen LogP contribution in [0.2, 0.25) is 10.0 Å². The number of halogens is 2. The minimum absolute atomic E-state index is 0.0272. The van der Waals surface area contributed by atoms with Crippen molar-refractivity contribution >= 4 is 66.8 Å². The van der Waals surface area contributed by atoms with Crippen LogP contribution >= 0.6 is 23.2 Å². The first kappa shape index (κ1) is 34.5. The van der Waals surface area contributed by atoms with Gasteiger partial charge < -0.3 is 9.55 Å². The van der Waals surface area contributed by atoms with Crippen molar-refractivity contribution in [3.63, 3.8) is 0 Å². The molecule has 0 spiro atoms. The minimum atomic E-state index is -0.0954. The van der Waals surface area contributed by atoms with E-state index < -0.39 is 0 Å². The Balaban J connectivity index is 1.33. The maximum atomic E-state index is 7.72. The largest absolute Gasteiger partial charge is 0.354 e. The molecule has 0 radical (unpaired) electrons. The zero-order chi connectivity index (χ0) is 37.5. The van der Waals surface area contributed by atoms with Crippen LogP contribution in [-0.2, 0) is 10.8 Å². The lowest BCUT2D eigenvalue weighted by Gasteiger charge is -2.22. The van der Waals surface area contributed by atoms with Crippen LogP contribution in [0.4, 0.5) is 0 Å². The van der Waals surface area contributed by atoms with Crippen molar-refractivity contribution in [2.45, 2.75) is 52.4 Å². The molecule has 54 heavy (non-hydrogen) atoms. The highest BCUT2D eigenvalue weighted by Crippen LogP contribution is 2.46. The maximum absolute atomic E-state index is 7.72. The van der Waals surface area contributed by atoms with E-state index in [1.165, 1.54) is 44.2 Å². The van der Waals surface area contributed by atoms with Crippen molar-refractivity contribution < 1.29 is 0 Å². The summed E-state index contributed by atoms with van der Waals surface area (Å²) in [6, 6.07) is 50.1. The van der Waals surface area contributed by atoms with Gasteiger partial charge in [-0.2, -0.15) is 0 Å². The van der Waals surface area contributed by atoms with Gasteiger partial charge in [0.1, 0.15) is 0 Å². The van der Waals surface area contributed by atoms with Crippen LogP contribution in [0, 0.1) is 0 Å². The lowest BCUT2D eigenvalue weighted by molar-refractivity contribution is 0.590. The van der Waals surface area contributed by atoms with Crippen molar-refractivity contribution in [1.29, 1.82) is 0 Å². The normalized spacial score (nSPS) is 12.4. The number of hydrogen-bond acceptors (Lipinski definition) is 0. The Bertz CT molecular complexity index is 2800. The van der Waals surface area contributed by atoms with Crippen molar-refractivity contribution in [2.24, 2.45) is 0 Å². The van der Waals surface area contributed by atoms with E-state index in [1.807, 2.05) is 12.1 Å². The van der Waals surface area contributed by atoms with Crippen LogP contribution < -0.4 is 0 Å². The number of nitrogens with zero attached hydrogens (tertiary/aromatic N) is 1. The van der Waals surface area contributed by atoms with E-state index in [4.69, 9.17) is 23.2 Å². The molecule has 2 nitrogen and oxygen atoms in total. The molecule has 7 aromatic carbocycles. The summed E-state index contributed by atoms with van der Waals surface area (Å²) in [5.74, 6) is 0. The van der Waals surface area contributed by atoms with E-state index in [1.54, 1.807) is 0 Å². The molecule has 266 valence electrons. The number of aromatic nitrogens is 2. The molecule has 0 saturated heterocycles. The van der Waals surface area contributed by atoms with Crippen LogP contribution in [0.3, 0.4) is 0 Å². The third kappa shape index (κ3) is 5.80. The van der Waals surface area contributed by atoms with Crippen molar-refractivity contribution in [3.05, 3.63) is 161 Å². The average molecular weight is 742 g/mol. The Morgan fingerprint density at radius 2 is 1.02 bits per heavy atom. The molecule has 9 aromatic rings. The Hall–Kier alpha value is -5.28. The number of fused-ring (bicyclic) bond motifs is 6. The number of nitrogens with one attached hydrogen (secondary N) is 1. The van der Waals surface area contributed by atoms with Gasteiger partial charge in [0, 0.05) is 43.2 Å². The monoisotopic (exact) mass is 740 g/mol. The summed E-state index contributed by atoms with van der Waals surface area (Å²) in [5, 5.41) is 6.00. The fourth-order valence-corrected chi connectivity index (χ4v) is 8.46. The Morgan fingerprint density at radius 3 is 1.57 bits per heavy atom. The molecule has 0 aliphatic rings. The second-order valence-electron chi connectivity index (χ2n) is 16.6. The lowest BCUT2D eigenvalue weighted by Crippen LogP contribution is -2.11. The number of hydrogen-bond donors (Lipinski definition) is 1. The van der Waals surface area contributed by atoms with Gasteiger partial charge in [-0.3, -0.25) is 0 Å². The summed E-state index contributed by atoms with van der Waals surface area (Å²) in [6.45, 7) is 13.6. The zero-order valence-electron chi connectivity index (χ0n) is 31.5. The molecule has 0 amide bonds. The van der Waals surface area contributed by atoms with E-state index in [0.717, 1.165) is 49.7 Å². The molecule has 2 heterocycles. The Kier molecular flexibility index (Phi) is 8.08. The second kappa shape index (κ2) is 12.7. The van der Waals surface area contributed by atoms with Crippen LogP contribution in [0.25, 0.3) is 82.7 Å². The number of benzene rings is 7. The average Bonchev–Trinajstić information content (AvgIpc) is 3.70. The first-order valence-electron chi connectivity index (χ1n) is 18.6. The van der Waals surface area contributed by atoms with E-state index in [0.29, 0.717) is 10.0 Å². The topological polar surface area (TPSA) is 20.7 Å². The highest BCUT2D eigenvalue weighted by molar-refractivity contribution is 6.38. The zero-order valence-corrected chi connectivity index (χ0v) is 33.0. The van der Waals surface area contributed by atoms with E-state index in [-0.39, 0.29) is 10.8 Å². The summed E-state index contributed by atoms with van der Waals surface area (Å²) in [7, 11) is 0. The van der Waals surface area contributed by atoms with Crippen LogP contribution in [0.5, 0.6) is 0 Å². The fourth-order valence-electron chi connectivity index (χ4n) is 7.95. The predicted octanol–water partition coefficient (Wildman–Crippen LogP) is 15.3. The predicted molar refractivity (Wildman–Crippen MR) is 234 cm³/mol. The third-order valence-electron chi connectivity index (χ3n) is 11.0. The van der Waals surface area contributed by atoms with Gasteiger partial charge in [-0.15, -0.1) is 0 Å². The summed E-state index contributed by atoms with van der Waals surface area (Å²) >= 11 is 14.9. The van der Waals surface area contributed by atoms with Gasteiger partial charge in [-0.05, 0) is 105 Å². The summed E-state index contributed by atoms with van der Waals surface area (Å²) < 4.78 is 2.29. The fraction of sp³-hybridized carbons (Fsp3) is 0.160. The van der Waals surface area contributed by atoms with Gasteiger partial charge in [0.15, 0.2) is 0 Å². The lowest BCUT2D eigenvalue weighted by atomic mass is 9.83. The molecule has 1 N–H and O–H groups in total. The molecule has 0 atom stereocenters. The van der Waals surface area contributed by atoms with Gasteiger partial charge >= 0.3 is 0 Å². The number of rotatable bonds is 4. The maximum Gasteiger partial charge on any atom is 0.0726 e. The van der Waals surface area contributed by atoms with Gasteiger partial charge in [0.2, 0.25) is 0 Å². The SMILES string of the molecule is CC(C)(C)c1ccc2[nH]c3c(-c4cc(Cl)cc(-n5c6ccc(-c7ccccc7)cc6c6cc(-c7ccccc7)ccc65)c4Cl)cc(C(C)(C)C)cc3c2c1. The van der Waals surface area contributed by atoms with E-state index >= 15 is 0 Å². The molecule has 0 aliphatic heterocycles. The van der Waals surface area contributed by atoms with Crippen LogP contribution in [0.15, 0.2) is 140 Å². The van der Waals surface area contributed by atoms with Crippen molar-refractivity contribution in [3.8, 4) is 39.1 Å². The number of H-pyrrole nitrogens is 1. The third-order valence-corrected chi connectivity index (χ3v) is 11.6. The minimum Gasteiger partial charge on any atom is -0.354 e. The van der Waals surface area contributed by atoms with Crippen molar-refractivity contribution in [1.82, 2.24) is 9.55 Å². The highest BCUT2D eigenvalue weighted by atomic mass is 35.5. The molecule has 0 fully saturated rings. The van der Waals surface area contributed by atoms with Crippen LogP contribution in [-0.4, -0.2) is 9.55 Å². The Morgan fingerprint density at radius 1 is 0.463 bits per heavy atom. The molecule has 0 aliphatic carbocycles. The standard InChI is InChI=1S/C50H42Cl2N2/c1-49(2,3)34-19-20-43-37(25-34)41-26-35(50(4,5)6)27-42(48(41)53-43)40-28-36(51)29-46(47(40)52)54-44-21-17-32(30-13-9-7-10-14-30)23-38(44)39-24-33(18-22-45(39)54)31-15-11-8-12-16-31/h7-29,53H,1-6H3. The smallest absolute Gasteiger partial charge is 0.0726 e. The molecule has 2 aromatic heterocycles. The summed E-state index contributed by atoms with van der Waals surface area (Å²) in [4.78, 5) is 3.80. The molecule has 4 heteroatoms. The van der Waals surface area contributed by atoms with Gasteiger partial charge in [-0.25, -0.2) is 0 Å². The molecular formula is C50H42Cl2N2. The van der Waals surface area contributed by atoms with Crippen molar-refractivity contribution in [2.75, 3.05) is 0 Å². The Labute approximate surface area is 327 Å². The number of aromatic amines is 1. The molecular weight excluding hydrogens is 699 g/mol. The summed E-state index contributed by atoms with van der Waals surface area (Å²) in [5.41, 5.74) is 14.3. The van der Waals surface area contributed by atoms with Crippen LogP contribution in [0.1, 0.15) is 52.7 Å². The van der Waals surface area contributed by atoms with E-state index in [2.05, 4.69) is 178 Å². The summed E-state index contributed by atoms with van der Waals surface area (Å²) in [6.07, 6.45) is 0. The molecule has 0 bridgehead atoms. The van der Waals surface area contributed by atoms with E-state index in [9.17, 15) is 0 Å². The second-order valence-corrected chi connectivity index (χ2v) is 17.5. The first-order chi connectivity index (χ1) is 25.8. The first-order valence-corrected chi connectivity index (χ1v) is 19.4. The van der Waals surface area contributed by atoms with Gasteiger partial charge in [-0.1, -0.05) is 144 Å². The molecule has 9 rings (SSSR count). The highest BCUT2D eigenvalue weighted by Gasteiger charge is 2.24. The molecule has 0 unspecified atom stereocenters. The van der Waals surface area contributed by atoms with Gasteiger partial charge in [0.25, 0.3) is 0 Å². The molecule has 0 saturated carbocycles. The van der Waals surface area contributed by atoms with Gasteiger partial charge in [0.05, 0.1) is 27.3 Å².